The molecule has 11 heteroatoms. The van der Waals surface area contributed by atoms with Gasteiger partial charge in [-0.05, 0) is 42.8 Å². The molecular formula is C22H20ClF3N4O3. The first-order chi connectivity index (χ1) is 15.6. The summed E-state index contributed by atoms with van der Waals surface area (Å²) in [6.07, 6.45) is 1.00. The van der Waals surface area contributed by atoms with Gasteiger partial charge in [-0.3, -0.25) is 19.4 Å². The third kappa shape index (κ3) is 5.51. The Labute approximate surface area is 192 Å². The first-order valence-electron chi connectivity index (χ1n) is 10.1. The summed E-state index contributed by atoms with van der Waals surface area (Å²) in [6.45, 7) is 2.30. The summed E-state index contributed by atoms with van der Waals surface area (Å²) >= 11 is 5.67. The van der Waals surface area contributed by atoms with Gasteiger partial charge in [0.1, 0.15) is 5.82 Å². The number of hydrogen-bond donors (Lipinski definition) is 1. The summed E-state index contributed by atoms with van der Waals surface area (Å²) in [5, 5.41) is 2.55. The maximum atomic E-state index is 13.4. The topological polar surface area (TPSA) is 82.6 Å². The van der Waals surface area contributed by atoms with Gasteiger partial charge in [-0.2, -0.15) is 13.2 Å². The number of urea groups is 1. The van der Waals surface area contributed by atoms with Crippen molar-refractivity contribution in [2.24, 2.45) is 0 Å². The molecule has 1 aliphatic heterocycles. The van der Waals surface area contributed by atoms with Gasteiger partial charge in [0.15, 0.2) is 0 Å². The Morgan fingerprint density at radius 3 is 2.61 bits per heavy atom. The van der Waals surface area contributed by atoms with E-state index in [1.165, 1.54) is 30.6 Å². The minimum atomic E-state index is -4.83. The molecule has 1 aromatic carbocycles. The monoisotopic (exact) mass is 480 g/mol. The molecule has 4 amide bonds. The zero-order chi connectivity index (χ0) is 24.2. The van der Waals surface area contributed by atoms with Crippen LogP contribution in [0.25, 0.3) is 0 Å². The van der Waals surface area contributed by atoms with Crippen LogP contribution in [0.3, 0.4) is 0 Å². The molecule has 1 aromatic heterocycles. The Morgan fingerprint density at radius 2 is 1.97 bits per heavy atom. The molecule has 0 bridgehead atoms. The number of alkyl halides is 3. The fourth-order valence-electron chi connectivity index (χ4n) is 3.10. The average Bonchev–Trinajstić information content (AvgIpc) is 2.78. The Kier molecular flexibility index (Phi) is 7.37. The summed E-state index contributed by atoms with van der Waals surface area (Å²) < 4.78 is 40.2. The molecule has 2 aromatic rings. The van der Waals surface area contributed by atoms with Crippen molar-refractivity contribution in [3.8, 4) is 0 Å². The Morgan fingerprint density at radius 1 is 1.21 bits per heavy atom. The number of rotatable bonds is 6. The summed E-state index contributed by atoms with van der Waals surface area (Å²) in [5.74, 6) is -1.33. The molecule has 33 heavy (non-hydrogen) atoms. The second-order valence-electron chi connectivity index (χ2n) is 7.16. The molecule has 0 spiro atoms. The molecule has 0 fully saturated rings. The smallest absolute Gasteiger partial charge is 0.352 e. The molecule has 174 valence electrons. The van der Waals surface area contributed by atoms with Crippen molar-refractivity contribution in [2.75, 3.05) is 18.0 Å². The number of imide groups is 1. The minimum absolute atomic E-state index is 0.103. The lowest BCUT2D eigenvalue weighted by Crippen LogP contribution is -2.47. The molecule has 0 saturated carbocycles. The molecule has 3 rings (SSSR count). The number of pyridine rings is 1. The van der Waals surface area contributed by atoms with Gasteiger partial charge < -0.3 is 5.32 Å². The lowest BCUT2D eigenvalue weighted by atomic mass is 10.1. The largest absolute Gasteiger partial charge is 0.417 e. The maximum absolute atomic E-state index is 13.4. The summed E-state index contributed by atoms with van der Waals surface area (Å²) in [7, 11) is 0. The number of amides is 4. The van der Waals surface area contributed by atoms with Crippen LogP contribution < -0.4 is 10.2 Å². The van der Waals surface area contributed by atoms with Crippen molar-refractivity contribution in [1.29, 1.82) is 0 Å². The number of unbranched alkanes of at least 4 members (excludes halogenated alkanes) is 1. The number of carbonyl (C=O) groups excluding carboxylic acids is 3. The van der Waals surface area contributed by atoms with Crippen LogP contribution in [0, 0.1) is 0 Å². The van der Waals surface area contributed by atoms with Crippen LogP contribution in [0.15, 0.2) is 48.8 Å². The average molecular weight is 481 g/mol. The van der Waals surface area contributed by atoms with E-state index in [2.05, 4.69) is 10.3 Å². The fourth-order valence-corrected chi connectivity index (χ4v) is 3.27. The standard InChI is InChI=1S/C22H20ClF3N4O3/c1-2-3-9-27-19(31)14-5-8-18(28-13-14)29-10-4-11-30(21(29)33)20(32)16-7-6-15(23)12-17(16)22(24,25)26/h4-8,10,12-13H,2-3,9,11H2,1H3,(H,27,31). The van der Waals surface area contributed by atoms with Gasteiger partial charge in [-0.25, -0.2) is 9.78 Å². The van der Waals surface area contributed by atoms with Crippen LogP contribution in [-0.4, -0.2) is 40.8 Å². The minimum Gasteiger partial charge on any atom is -0.352 e. The lowest BCUT2D eigenvalue weighted by molar-refractivity contribution is -0.138. The molecule has 1 N–H and O–H groups in total. The van der Waals surface area contributed by atoms with Gasteiger partial charge in [0.2, 0.25) is 0 Å². The van der Waals surface area contributed by atoms with E-state index in [4.69, 9.17) is 11.6 Å². The summed E-state index contributed by atoms with van der Waals surface area (Å²) in [4.78, 5) is 43.7. The number of benzene rings is 1. The van der Waals surface area contributed by atoms with Crippen LogP contribution in [0.4, 0.5) is 23.8 Å². The number of aromatic nitrogens is 1. The molecule has 0 unspecified atom stereocenters. The number of nitrogens with one attached hydrogen (secondary N) is 1. The Hall–Kier alpha value is -3.40. The van der Waals surface area contributed by atoms with E-state index in [0.29, 0.717) is 17.5 Å². The predicted molar refractivity (Wildman–Crippen MR) is 116 cm³/mol. The highest BCUT2D eigenvalue weighted by molar-refractivity contribution is 6.30. The number of nitrogens with zero attached hydrogens (tertiary/aromatic N) is 3. The number of halogens is 4. The van der Waals surface area contributed by atoms with Gasteiger partial charge in [0, 0.05) is 24.0 Å². The molecule has 0 saturated heterocycles. The van der Waals surface area contributed by atoms with E-state index in [-0.39, 0.29) is 28.9 Å². The second kappa shape index (κ2) is 10.0. The Bertz CT molecular complexity index is 1090. The van der Waals surface area contributed by atoms with Crippen LogP contribution in [0.1, 0.15) is 46.0 Å². The highest BCUT2D eigenvalue weighted by atomic mass is 35.5. The first-order valence-corrected chi connectivity index (χ1v) is 10.4. The van der Waals surface area contributed by atoms with Gasteiger partial charge in [-0.15, -0.1) is 0 Å². The van der Waals surface area contributed by atoms with Gasteiger partial charge in [0.25, 0.3) is 11.8 Å². The third-order valence-corrected chi connectivity index (χ3v) is 5.05. The zero-order valence-corrected chi connectivity index (χ0v) is 18.3. The molecule has 0 radical (unpaired) electrons. The van der Waals surface area contributed by atoms with E-state index in [1.54, 1.807) is 0 Å². The SMILES string of the molecule is CCCCNC(=O)c1ccc(N2C=CCN(C(=O)c3ccc(Cl)cc3C(F)(F)F)C2=O)nc1. The molecule has 0 aliphatic carbocycles. The van der Waals surface area contributed by atoms with Gasteiger partial charge in [-0.1, -0.05) is 24.9 Å². The van der Waals surface area contributed by atoms with E-state index in [9.17, 15) is 27.6 Å². The van der Waals surface area contributed by atoms with E-state index in [1.807, 2.05) is 6.92 Å². The van der Waals surface area contributed by atoms with E-state index < -0.39 is 29.2 Å². The molecule has 2 heterocycles. The maximum Gasteiger partial charge on any atom is 0.417 e. The van der Waals surface area contributed by atoms with Crippen molar-refractivity contribution in [3.05, 3.63) is 70.5 Å². The summed E-state index contributed by atoms with van der Waals surface area (Å²) in [5.41, 5.74) is -1.64. The molecule has 0 atom stereocenters. The van der Waals surface area contributed by atoms with Crippen molar-refractivity contribution >= 4 is 35.3 Å². The third-order valence-electron chi connectivity index (χ3n) is 4.81. The quantitative estimate of drug-likeness (QED) is 0.597. The number of anilines is 1. The second-order valence-corrected chi connectivity index (χ2v) is 7.59. The highest BCUT2D eigenvalue weighted by Gasteiger charge is 2.38. The fraction of sp³-hybridized carbons (Fsp3) is 0.273. The van der Waals surface area contributed by atoms with Crippen molar-refractivity contribution < 1.29 is 27.6 Å². The van der Waals surface area contributed by atoms with Crippen LogP contribution in [0.5, 0.6) is 0 Å². The number of hydrogen-bond acceptors (Lipinski definition) is 4. The highest BCUT2D eigenvalue weighted by Crippen LogP contribution is 2.34. The van der Waals surface area contributed by atoms with Crippen molar-refractivity contribution in [3.63, 3.8) is 0 Å². The summed E-state index contributed by atoms with van der Waals surface area (Å²) in [6, 6.07) is 4.73. The molecule has 1 aliphatic rings. The van der Waals surface area contributed by atoms with Crippen molar-refractivity contribution in [2.45, 2.75) is 25.9 Å². The van der Waals surface area contributed by atoms with Crippen molar-refractivity contribution in [1.82, 2.24) is 15.2 Å². The normalized spacial score (nSPS) is 13.9. The number of carbonyl (C=O) groups is 3. The van der Waals surface area contributed by atoms with Crippen LogP contribution in [-0.2, 0) is 6.18 Å². The van der Waals surface area contributed by atoms with Gasteiger partial charge >= 0.3 is 12.2 Å². The van der Waals surface area contributed by atoms with E-state index in [0.717, 1.165) is 29.9 Å². The van der Waals surface area contributed by atoms with Crippen LogP contribution in [0.2, 0.25) is 5.02 Å². The molecular weight excluding hydrogens is 461 g/mol. The van der Waals surface area contributed by atoms with Gasteiger partial charge in [0.05, 0.1) is 23.2 Å². The predicted octanol–water partition coefficient (Wildman–Crippen LogP) is 4.88. The van der Waals surface area contributed by atoms with Crippen LogP contribution >= 0.6 is 11.6 Å². The Balaban J connectivity index is 1.81. The zero-order valence-electron chi connectivity index (χ0n) is 17.5. The molecule has 7 nitrogen and oxygen atoms in total. The lowest BCUT2D eigenvalue weighted by Gasteiger charge is -2.30. The van der Waals surface area contributed by atoms with E-state index >= 15 is 0 Å². The first kappa shape index (κ1) is 24.2.